The highest BCUT2D eigenvalue weighted by Crippen LogP contribution is 2.17. The van der Waals surface area contributed by atoms with E-state index in [9.17, 15) is 9.18 Å². The number of nitrogens with zero attached hydrogens (tertiary/aromatic N) is 2. The van der Waals surface area contributed by atoms with Gasteiger partial charge in [0, 0.05) is 24.5 Å². The molecule has 0 bridgehead atoms. The van der Waals surface area contributed by atoms with Crippen molar-refractivity contribution < 1.29 is 9.18 Å². The highest BCUT2D eigenvalue weighted by molar-refractivity contribution is 6.03. The second-order valence-electron chi connectivity index (χ2n) is 8.29. The summed E-state index contributed by atoms with van der Waals surface area (Å²) in [6, 6.07) is 7.14. The van der Waals surface area contributed by atoms with Gasteiger partial charge in [0.1, 0.15) is 11.6 Å². The lowest BCUT2D eigenvalue weighted by Gasteiger charge is -2.27. The fourth-order valence-electron chi connectivity index (χ4n) is 4.00. The molecule has 186 valence electrons. The van der Waals surface area contributed by atoms with Gasteiger partial charge in [0.25, 0.3) is 5.91 Å². The zero-order valence-corrected chi connectivity index (χ0v) is 21.3. The van der Waals surface area contributed by atoms with E-state index in [1.54, 1.807) is 12.3 Å². The molecule has 1 aromatic carbocycles. The van der Waals surface area contributed by atoms with Gasteiger partial charge in [0.2, 0.25) is 0 Å². The monoisotopic (exact) mass is 476 g/mol. The van der Waals surface area contributed by atoms with Crippen LogP contribution in [-0.2, 0) is 0 Å². The summed E-state index contributed by atoms with van der Waals surface area (Å²) >= 11 is 0. The Morgan fingerprint density at radius 3 is 2.43 bits per heavy atom. The van der Waals surface area contributed by atoms with Gasteiger partial charge >= 0.3 is 0 Å². The minimum absolute atomic E-state index is 0.349. The number of amides is 1. The lowest BCUT2D eigenvalue weighted by atomic mass is 10.0. The van der Waals surface area contributed by atoms with Gasteiger partial charge in [0.05, 0.1) is 0 Å². The predicted molar refractivity (Wildman–Crippen MR) is 145 cm³/mol. The highest BCUT2D eigenvalue weighted by atomic mass is 19.1. The van der Waals surface area contributed by atoms with Crippen LogP contribution in [0.4, 0.5) is 10.2 Å². The molecule has 35 heavy (non-hydrogen) atoms. The van der Waals surface area contributed by atoms with Crippen LogP contribution in [0, 0.1) is 11.2 Å². The number of likely N-dealkylation sites (tertiary alicyclic amines) is 1. The normalized spacial score (nSPS) is 15.6. The Balaban J connectivity index is 0.00000210. The number of allylic oxidation sites excluding steroid dienone is 2. The Bertz CT molecular complexity index is 1180. The van der Waals surface area contributed by atoms with Crippen LogP contribution in [-0.4, -0.2) is 41.6 Å². The molecule has 2 N–H and O–H groups in total. The zero-order chi connectivity index (χ0) is 25.8. The molecular weight excluding hydrogens is 439 g/mol. The number of rotatable bonds is 7. The molecule has 0 saturated carbocycles. The summed E-state index contributed by atoms with van der Waals surface area (Å²) in [5, 5.41) is 12.5. The second-order valence-corrected chi connectivity index (χ2v) is 8.29. The van der Waals surface area contributed by atoms with E-state index in [0.29, 0.717) is 11.4 Å². The number of hydrogen-bond acceptors (Lipinski definition) is 4. The third-order valence-electron chi connectivity index (χ3n) is 5.82. The summed E-state index contributed by atoms with van der Waals surface area (Å²) in [5.74, 6) is -0.370. The first kappa shape index (κ1) is 27.9. The van der Waals surface area contributed by atoms with Crippen LogP contribution in [0.15, 0.2) is 59.8 Å². The summed E-state index contributed by atoms with van der Waals surface area (Å²) in [7, 11) is 0. The molecule has 0 atom stereocenters. The lowest BCUT2D eigenvalue weighted by molar-refractivity contribution is 0.102. The third-order valence-corrected chi connectivity index (χ3v) is 5.82. The van der Waals surface area contributed by atoms with E-state index in [0.717, 1.165) is 46.8 Å². The topological polar surface area (TPSA) is 69.1 Å². The SMILES string of the molecule is C=C(/C=c1/cc(NC(=O)c2ccc(F)cc2)nc/c1=C/C)/C(C=N)=C(/C)CN1CCCCC1.CC. The van der Waals surface area contributed by atoms with Crippen LogP contribution >= 0.6 is 0 Å². The van der Waals surface area contributed by atoms with Crippen molar-refractivity contribution in [3.05, 3.63) is 81.6 Å². The van der Waals surface area contributed by atoms with Crippen LogP contribution in [0.25, 0.3) is 12.2 Å². The van der Waals surface area contributed by atoms with Gasteiger partial charge in [-0.15, -0.1) is 0 Å². The Morgan fingerprint density at radius 1 is 1.17 bits per heavy atom. The fourth-order valence-corrected chi connectivity index (χ4v) is 4.00. The van der Waals surface area contributed by atoms with Crippen LogP contribution in [0.1, 0.15) is 57.3 Å². The quantitative estimate of drug-likeness (QED) is 0.432. The van der Waals surface area contributed by atoms with Crippen molar-refractivity contribution in [2.24, 2.45) is 0 Å². The summed E-state index contributed by atoms with van der Waals surface area (Å²) in [6.45, 7) is 15.2. The van der Waals surface area contributed by atoms with Crippen LogP contribution < -0.4 is 15.8 Å². The molecule has 6 heteroatoms. The zero-order valence-electron chi connectivity index (χ0n) is 21.3. The van der Waals surface area contributed by atoms with Gasteiger partial charge in [-0.2, -0.15) is 0 Å². The summed E-state index contributed by atoms with van der Waals surface area (Å²) in [5.41, 5.74) is 3.02. The van der Waals surface area contributed by atoms with E-state index < -0.39 is 5.82 Å². The Labute approximate surface area is 208 Å². The van der Waals surface area contributed by atoms with Crippen molar-refractivity contribution in [1.29, 1.82) is 5.41 Å². The minimum Gasteiger partial charge on any atom is -0.308 e. The van der Waals surface area contributed by atoms with Crippen molar-refractivity contribution in [2.75, 3.05) is 25.0 Å². The number of piperidine rings is 1. The van der Waals surface area contributed by atoms with Crippen molar-refractivity contribution >= 4 is 30.1 Å². The van der Waals surface area contributed by atoms with Gasteiger partial charge in [-0.05, 0) is 103 Å². The van der Waals surface area contributed by atoms with Crippen LogP contribution in [0.2, 0.25) is 0 Å². The summed E-state index contributed by atoms with van der Waals surface area (Å²) in [4.78, 5) is 19.2. The van der Waals surface area contributed by atoms with Gasteiger partial charge in [-0.3, -0.25) is 9.69 Å². The van der Waals surface area contributed by atoms with Gasteiger partial charge < -0.3 is 10.7 Å². The average molecular weight is 477 g/mol. The molecule has 3 rings (SSSR count). The molecule has 2 heterocycles. The van der Waals surface area contributed by atoms with Crippen molar-refractivity contribution in [3.8, 4) is 0 Å². The molecule has 1 aliphatic heterocycles. The van der Waals surface area contributed by atoms with E-state index in [4.69, 9.17) is 5.41 Å². The molecule has 0 aliphatic carbocycles. The van der Waals surface area contributed by atoms with Crippen molar-refractivity contribution in [1.82, 2.24) is 9.88 Å². The first-order valence-corrected chi connectivity index (χ1v) is 12.2. The maximum Gasteiger partial charge on any atom is 0.256 e. The molecule has 0 unspecified atom stereocenters. The lowest BCUT2D eigenvalue weighted by Crippen LogP contribution is -2.31. The van der Waals surface area contributed by atoms with Gasteiger partial charge in [-0.1, -0.05) is 32.9 Å². The minimum atomic E-state index is -0.395. The number of benzene rings is 1. The Kier molecular flexibility index (Phi) is 11.2. The summed E-state index contributed by atoms with van der Waals surface area (Å²) in [6.07, 6.45) is 10.6. The van der Waals surface area contributed by atoms with Gasteiger partial charge in [0.15, 0.2) is 0 Å². The molecule has 5 nitrogen and oxygen atoms in total. The maximum absolute atomic E-state index is 13.1. The molecule has 0 radical (unpaired) electrons. The Morgan fingerprint density at radius 2 is 1.83 bits per heavy atom. The molecule has 2 aromatic rings. The number of anilines is 1. The standard InChI is InChI=1S/C27H31FN4O.C2H6/c1-4-21-17-30-26(31-27(33)22-8-10-24(28)11-9-22)15-23(21)14-19(2)25(16-29)20(3)18-32-12-6-5-7-13-32;1-2/h4,8-11,14-17,29H,2,5-7,12-13,18H2,1,3H3,(H,31,33);1-2H3/b21-4-,23-14-,25-20-,29-16?;. The van der Waals surface area contributed by atoms with E-state index in [-0.39, 0.29) is 5.91 Å². The van der Waals surface area contributed by atoms with Crippen molar-refractivity contribution in [2.45, 2.75) is 47.0 Å². The molecule has 1 aliphatic rings. The summed E-state index contributed by atoms with van der Waals surface area (Å²) < 4.78 is 13.1. The maximum atomic E-state index is 13.1. The number of aromatic nitrogens is 1. The van der Waals surface area contributed by atoms with Crippen molar-refractivity contribution in [3.63, 3.8) is 0 Å². The van der Waals surface area contributed by atoms with E-state index in [1.165, 1.54) is 49.7 Å². The number of carbonyl (C=O) groups is 1. The molecule has 1 amide bonds. The smallest absolute Gasteiger partial charge is 0.256 e. The number of hydrogen-bond donors (Lipinski definition) is 2. The van der Waals surface area contributed by atoms with E-state index in [1.807, 2.05) is 32.9 Å². The molecule has 1 saturated heterocycles. The number of nitrogens with one attached hydrogen (secondary N) is 2. The molecule has 1 fully saturated rings. The molecule has 0 spiro atoms. The Hall–Kier alpha value is -3.38. The van der Waals surface area contributed by atoms with E-state index >= 15 is 0 Å². The first-order valence-electron chi connectivity index (χ1n) is 12.2. The van der Waals surface area contributed by atoms with E-state index in [2.05, 4.69) is 28.7 Å². The molecular formula is C29H37FN4O. The fraction of sp³-hybridized carbons (Fsp3) is 0.345. The predicted octanol–water partition coefficient (Wildman–Crippen LogP) is 5.09. The largest absolute Gasteiger partial charge is 0.308 e. The van der Waals surface area contributed by atoms with Crippen LogP contribution in [0.5, 0.6) is 0 Å². The highest BCUT2D eigenvalue weighted by Gasteiger charge is 2.13. The number of halogens is 1. The second kappa shape index (κ2) is 14.1. The average Bonchev–Trinajstić information content (AvgIpc) is 2.87. The number of carbonyl (C=O) groups excluding carboxylic acids is 1. The third kappa shape index (κ3) is 8.11. The van der Waals surface area contributed by atoms with Crippen LogP contribution in [0.3, 0.4) is 0 Å². The molecule has 1 aromatic heterocycles. The number of pyridine rings is 1. The first-order chi connectivity index (χ1) is 16.9. The van der Waals surface area contributed by atoms with Gasteiger partial charge in [-0.25, -0.2) is 9.37 Å².